The van der Waals surface area contributed by atoms with E-state index in [0.29, 0.717) is 78.5 Å². The maximum absolute atomic E-state index is 13.4. The van der Waals surface area contributed by atoms with Crippen LogP contribution in [0.4, 0.5) is 0 Å². The molecule has 5 aliphatic rings. The van der Waals surface area contributed by atoms with Gasteiger partial charge in [-0.1, -0.05) is 284 Å². The normalized spacial score (nSPS) is 13.4. The summed E-state index contributed by atoms with van der Waals surface area (Å²) in [5, 5.41) is 12.7. The summed E-state index contributed by atoms with van der Waals surface area (Å²) < 4.78 is 20.8. The summed E-state index contributed by atoms with van der Waals surface area (Å²) in [6, 6.07) is 92.9. The van der Waals surface area contributed by atoms with E-state index in [1.165, 1.54) is 37.6 Å². The summed E-state index contributed by atoms with van der Waals surface area (Å²) >= 11 is 6.01. The number of fused-ring (bicyclic) bond motifs is 5. The minimum absolute atomic E-state index is 0.0143. The Bertz CT molecular complexity index is 7410. The lowest BCUT2D eigenvalue weighted by molar-refractivity contribution is 0.0905. The highest BCUT2D eigenvalue weighted by atomic mass is 35.5. The van der Waals surface area contributed by atoms with Crippen molar-refractivity contribution in [2.45, 2.75) is 20.8 Å². The number of hydrogen-bond acceptors (Lipinski definition) is 19. The molecule has 0 atom stereocenters. The summed E-state index contributed by atoms with van der Waals surface area (Å²) in [5.74, 6) is -4.69. The molecule has 14 aromatic rings. The minimum Gasteiger partial charge on any atom is -0.497 e. The van der Waals surface area contributed by atoms with Gasteiger partial charge in [-0.2, -0.15) is 0 Å². The SMILES string of the molecule is COc1ccc(C2=C(NC(=O)c3ccccc3OC)C(=O)c3ccccc3C2=O)cc1.Cc1ccc(C(=O)NC2=C(Cl)C(=O)c3ccccc3C2=O)cc1.Cc1ccc(C(=O)NC2=C(c3ccccc3)C(=O)c3ccccc3C2=O)cc1.Cc1ccc(C(=O)NC2=C(c3ccccc3)C(=O)c3ccccc3C2=O)o1.O=C(NC1=C(c2ccccc2)C(=O)c2ccccc2C1=O)c1ccco1. The number of amides is 5. The zero-order chi connectivity index (χ0) is 95.3. The standard InChI is InChI=1S/C25H19NO5.C24H17NO3.C22H15NO4.C21H13NO4.C18H12ClNO3/c1-30-16-13-11-15(12-14-16)21-22(24(28)18-8-4-3-7-17(18)23(21)27)26-25(29)19-9-5-6-10-20(19)31-2;1-15-11-13-17(14-12-15)24(28)25-21-20(16-7-3-2-4-8-16)22(26)18-9-5-6-10-19(18)23(21)27;1-13-11-12-17(27-13)22(26)23-19-18(14-7-3-2-4-8-14)20(24)15-9-5-6-10-16(15)21(19)25;23-19-14-9-4-5-10-15(14)20(24)18(17(19)13-7-2-1-3-8-13)22-21(25)16-11-6-12-26-16;1-10-6-8-11(9-7-10)18(23)20-15-14(19)16(21)12-4-2-3-5-13(12)17(15)22/h3-14H,1-2H3,(H,26,29);2-14H,1H3,(H,25,28);2-12H,1H3,(H,23,26);1-12H,(H,22,25);2-9H,1H3,(H,20,23). The summed E-state index contributed by atoms with van der Waals surface area (Å²) in [6.45, 7) is 5.55. The predicted octanol–water partition coefficient (Wildman–Crippen LogP) is 18.7. The second-order valence-corrected chi connectivity index (χ2v) is 31.0. The molecular formula is C110H76ClN5O19. The van der Waals surface area contributed by atoms with Crippen LogP contribution in [0.1, 0.15) is 195 Å². The summed E-state index contributed by atoms with van der Waals surface area (Å²) in [4.78, 5) is 193. The molecule has 19 rings (SSSR count). The Morgan fingerprint density at radius 2 is 0.556 bits per heavy atom. The van der Waals surface area contributed by atoms with Gasteiger partial charge in [-0.3, -0.25) is 71.9 Å². The summed E-state index contributed by atoms with van der Waals surface area (Å²) in [6.07, 6.45) is 1.37. The number of carbonyl (C=O) groups is 15. The maximum atomic E-state index is 13.4. The van der Waals surface area contributed by atoms with E-state index in [9.17, 15) is 71.9 Å². The van der Waals surface area contributed by atoms with Gasteiger partial charge in [0, 0.05) is 66.8 Å². The van der Waals surface area contributed by atoms with Crippen molar-refractivity contribution in [3.05, 3.63) is 496 Å². The molecule has 0 fully saturated rings. The number of methoxy groups -OCH3 is 2. The Morgan fingerprint density at radius 1 is 0.259 bits per heavy atom. The first kappa shape index (κ1) is 91.6. The molecule has 0 saturated carbocycles. The van der Waals surface area contributed by atoms with Gasteiger partial charge in [-0.15, -0.1) is 0 Å². The predicted molar refractivity (Wildman–Crippen MR) is 503 cm³/mol. The fourth-order valence-corrected chi connectivity index (χ4v) is 15.5. The topological polar surface area (TPSA) is 361 Å². The molecule has 5 aliphatic carbocycles. The van der Waals surface area contributed by atoms with Crippen LogP contribution in [0, 0.1) is 20.8 Å². The average molecular weight is 1810 g/mol. The van der Waals surface area contributed by atoms with Gasteiger partial charge in [0.2, 0.25) is 34.7 Å². The van der Waals surface area contributed by atoms with Crippen molar-refractivity contribution in [3.8, 4) is 11.5 Å². The summed E-state index contributed by atoms with van der Waals surface area (Å²) in [7, 11) is 3.00. The monoisotopic (exact) mass is 1810 g/mol. The van der Waals surface area contributed by atoms with Gasteiger partial charge in [0.1, 0.15) is 50.8 Å². The number of hydrogen-bond donors (Lipinski definition) is 5. The molecule has 12 aromatic carbocycles. The van der Waals surface area contributed by atoms with Gasteiger partial charge < -0.3 is 44.9 Å². The van der Waals surface area contributed by atoms with Crippen molar-refractivity contribution in [2.75, 3.05) is 14.2 Å². The number of rotatable bonds is 16. The molecule has 0 bridgehead atoms. The van der Waals surface area contributed by atoms with Crippen LogP contribution < -0.4 is 36.1 Å². The number of carbonyl (C=O) groups excluding carboxylic acids is 15. The van der Waals surface area contributed by atoms with Crippen LogP contribution in [0.2, 0.25) is 0 Å². The van der Waals surface area contributed by atoms with E-state index in [1.54, 1.807) is 293 Å². The molecule has 0 spiro atoms. The number of ether oxygens (including phenoxy) is 2. The molecule has 135 heavy (non-hydrogen) atoms. The van der Waals surface area contributed by atoms with Crippen LogP contribution in [-0.4, -0.2) is 102 Å². The van der Waals surface area contributed by atoms with Gasteiger partial charge in [-0.25, -0.2) is 0 Å². The van der Waals surface area contributed by atoms with E-state index in [-0.39, 0.29) is 130 Å². The zero-order valence-corrected chi connectivity index (χ0v) is 73.2. The van der Waals surface area contributed by atoms with Crippen LogP contribution in [0.25, 0.3) is 22.3 Å². The summed E-state index contributed by atoms with van der Waals surface area (Å²) in [5.41, 5.74) is 8.58. The van der Waals surface area contributed by atoms with Crippen LogP contribution >= 0.6 is 11.6 Å². The van der Waals surface area contributed by atoms with E-state index >= 15 is 0 Å². The fraction of sp³-hybridized carbons (Fsp3) is 0.0455. The van der Waals surface area contributed by atoms with E-state index in [4.69, 9.17) is 29.9 Å². The number of aryl methyl sites for hydroxylation is 3. The molecule has 24 nitrogen and oxygen atoms in total. The fourth-order valence-electron chi connectivity index (χ4n) is 15.2. The molecule has 0 radical (unpaired) electrons. The third-order valence-corrected chi connectivity index (χ3v) is 22.4. The highest BCUT2D eigenvalue weighted by Crippen LogP contribution is 2.38. The van der Waals surface area contributed by atoms with Crippen molar-refractivity contribution in [2.24, 2.45) is 0 Å². The van der Waals surface area contributed by atoms with Crippen molar-refractivity contribution < 1.29 is 90.2 Å². The minimum atomic E-state index is -0.584. The van der Waals surface area contributed by atoms with Gasteiger partial charge in [0.15, 0.2) is 34.7 Å². The lowest BCUT2D eigenvalue weighted by atomic mass is 9.84. The Kier molecular flexibility index (Phi) is 27.6. The van der Waals surface area contributed by atoms with Crippen molar-refractivity contribution in [1.82, 2.24) is 26.6 Å². The number of halogens is 1. The van der Waals surface area contributed by atoms with Gasteiger partial charge in [-0.05, 0) is 116 Å². The van der Waals surface area contributed by atoms with Gasteiger partial charge in [0.05, 0.1) is 48.3 Å². The number of benzene rings is 12. The number of furan rings is 2. The van der Waals surface area contributed by atoms with Crippen LogP contribution in [-0.2, 0) is 0 Å². The van der Waals surface area contributed by atoms with Crippen LogP contribution in [0.15, 0.2) is 382 Å². The quantitative estimate of drug-likeness (QED) is 0.0600. The van der Waals surface area contributed by atoms with Crippen molar-refractivity contribution in [3.63, 3.8) is 0 Å². The molecule has 25 heteroatoms. The van der Waals surface area contributed by atoms with Crippen molar-refractivity contribution >= 4 is 121 Å². The number of nitrogens with one attached hydrogen (secondary N) is 5. The lowest BCUT2D eigenvalue weighted by Crippen LogP contribution is -2.33. The lowest BCUT2D eigenvalue weighted by Gasteiger charge is -2.22. The first-order valence-electron chi connectivity index (χ1n) is 41.8. The van der Waals surface area contributed by atoms with E-state index in [1.807, 2.05) is 44.2 Å². The molecule has 5 N–H and O–H groups in total. The number of Topliss-reactive ketones (excluding diaryl/α,β-unsaturated/α-hetero) is 10. The van der Waals surface area contributed by atoms with Crippen LogP contribution in [0.5, 0.6) is 11.5 Å². The van der Waals surface area contributed by atoms with Gasteiger partial charge >= 0.3 is 0 Å². The average Bonchev–Trinajstić information content (AvgIpc) is 0.838. The molecule has 0 aliphatic heterocycles. The molecule has 2 heterocycles. The third-order valence-electron chi connectivity index (χ3n) is 22.0. The first-order chi connectivity index (χ1) is 65.3. The van der Waals surface area contributed by atoms with Gasteiger partial charge in [0.25, 0.3) is 29.5 Å². The largest absolute Gasteiger partial charge is 0.497 e. The van der Waals surface area contributed by atoms with E-state index in [2.05, 4.69) is 26.6 Å². The Labute approximate surface area is 776 Å². The molecule has 0 saturated heterocycles. The van der Waals surface area contributed by atoms with Crippen molar-refractivity contribution in [1.29, 1.82) is 0 Å². The molecule has 662 valence electrons. The number of para-hydroxylation sites is 1. The second-order valence-electron chi connectivity index (χ2n) is 30.6. The smallest absolute Gasteiger partial charge is 0.291 e. The molecule has 0 unspecified atom stereocenters. The van der Waals surface area contributed by atoms with Crippen LogP contribution in [0.3, 0.4) is 0 Å². The Morgan fingerprint density at radius 3 is 0.889 bits per heavy atom. The molecular weight excluding hydrogens is 1730 g/mol. The highest BCUT2D eigenvalue weighted by Gasteiger charge is 2.40. The third kappa shape index (κ3) is 19.4. The zero-order valence-electron chi connectivity index (χ0n) is 72.5. The Balaban J connectivity index is 0.000000129. The molecule has 2 aromatic heterocycles. The highest BCUT2D eigenvalue weighted by molar-refractivity contribution is 6.50. The number of allylic oxidation sites excluding steroid dienone is 10. The molecule has 5 amide bonds. The first-order valence-corrected chi connectivity index (χ1v) is 42.2. The number of ketones is 10. The Hall–Kier alpha value is -18.2. The maximum Gasteiger partial charge on any atom is 0.291 e. The second kappa shape index (κ2) is 40.7. The van der Waals surface area contributed by atoms with E-state index in [0.717, 1.165) is 11.1 Å². The van der Waals surface area contributed by atoms with E-state index < -0.39 is 58.5 Å².